The highest BCUT2D eigenvalue weighted by molar-refractivity contribution is 9.10. The molecule has 6 atom stereocenters. The van der Waals surface area contributed by atoms with Crippen LogP contribution < -0.4 is 14.5 Å². The van der Waals surface area contributed by atoms with Crippen molar-refractivity contribution in [3.63, 3.8) is 0 Å². The van der Waals surface area contributed by atoms with Crippen LogP contribution in [0.5, 0.6) is 11.5 Å². The van der Waals surface area contributed by atoms with E-state index in [4.69, 9.17) is 27.9 Å². The number of phenols is 1. The van der Waals surface area contributed by atoms with Gasteiger partial charge in [0.05, 0.1) is 24.6 Å². The number of halogens is 8. The second-order valence-electron chi connectivity index (χ2n) is 12.1. The van der Waals surface area contributed by atoms with Crippen LogP contribution >= 0.6 is 39.1 Å². The zero-order chi connectivity index (χ0) is 35.5. The van der Waals surface area contributed by atoms with Crippen molar-refractivity contribution in [1.29, 1.82) is 0 Å². The molecule has 1 N–H and O–H groups in total. The van der Waals surface area contributed by atoms with Crippen molar-refractivity contribution >= 4 is 74.1 Å². The maximum Gasteiger partial charge on any atom is 0.258 e. The quantitative estimate of drug-likeness (QED) is 0.0797. The molecule has 0 aromatic heterocycles. The van der Waals surface area contributed by atoms with Gasteiger partial charge in [-0.3, -0.25) is 24.1 Å². The number of nitrogens with zero attached hydrogens (tertiary/aromatic N) is 2. The Morgan fingerprint density at radius 2 is 1.45 bits per heavy atom. The van der Waals surface area contributed by atoms with Gasteiger partial charge in [0.15, 0.2) is 44.5 Å². The first-order chi connectivity index (χ1) is 23.1. The van der Waals surface area contributed by atoms with Crippen LogP contribution in [-0.4, -0.2) is 45.6 Å². The van der Waals surface area contributed by atoms with Gasteiger partial charge in [-0.05, 0) is 60.7 Å². The summed E-state index contributed by atoms with van der Waals surface area (Å²) in [6.07, 6.45) is 0.914. The van der Waals surface area contributed by atoms with Crippen molar-refractivity contribution in [1.82, 2.24) is 0 Å². The summed E-state index contributed by atoms with van der Waals surface area (Å²) >= 11 is 17.5. The van der Waals surface area contributed by atoms with Gasteiger partial charge in [-0.25, -0.2) is 26.9 Å². The van der Waals surface area contributed by atoms with Crippen LogP contribution in [0.2, 0.25) is 0 Å². The topological polar surface area (TPSA) is 104 Å². The zero-order valence-electron chi connectivity index (χ0n) is 24.7. The summed E-state index contributed by atoms with van der Waals surface area (Å²) in [6, 6.07) is 10.1. The Labute approximate surface area is 292 Å². The molecule has 49 heavy (non-hydrogen) atoms. The van der Waals surface area contributed by atoms with E-state index >= 15 is 8.78 Å². The van der Waals surface area contributed by atoms with Crippen molar-refractivity contribution in [2.24, 2.45) is 17.8 Å². The molecule has 0 radical (unpaired) electrons. The van der Waals surface area contributed by atoms with Gasteiger partial charge < -0.3 is 9.84 Å². The first-order valence-electron chi connectivity index (χ1n) is 14.6. The van der Waals surface area contributed by atoms with Crippen molar-refractivity contribution in [2.75, 3.05) is 16.9 Å². The van der Waals surface area contributed by atoms with E-state index in [1.807, 2.05) is 0 Å². The normalized spacial score (nSPS) is 29.2. The molecule has 1 saturated carbocycles. The van der Waals surface area contributed by atoms with Gasteiger partial charge in [0.25, 0.3) is 11.8 Å². The van der Waals surface area contributed by atoms with Crippen molar-refractivity contribution < 1.29 is 51.0 Å². The number of imide groups is 2. The molecule has 2 saturated heterocycles. The van der Waals surface area contributed by atoms with Crippen LogP contribution in [0.3, 0.4) is 0 Å². The lowest BCUT2D eigenvalue weighted by atomic mass is 9.56. The Kier molecular flexibility index (Phi) is 7.69. The predicted molar refractivity (Wildman–Crippen MR) is 168 cm³/mol. The van der Waals surface area contributed by atoms with E-state index in [0.717, 1.165) is 4.90 Å². The summed E-state index contributed by atoms with van der Waals surface area (Å²) in [5.41, 5.74) is -1.25. The number of aromatic hydroxyl groups is 1. The molecule has 3 aromatic carbocycles. The van der Waals surface area contributed by atoms with E-state index in [9.17, 15) is 37.5 Å². The average molecular weight is 786 g/mol. The Hall–Kier alpha value is -4.01. The summed E-state index contributed by atoms with van der Waals surface area (Å²) in [5, 5.41) is 10.3. The number of allylic oxidation sites excluding steroid dienone is 2. The molecule has 2 aliphatic carbocycles. The van der Waals surface area contributed by atoms with Crippen LogP contribution in [0.4, 0.5) is 33.3 Å². The number of fused-ring (bicyclic) bond motifs is 4. The standard InChI is InChI=1S/C33H20BrCl2F5N2O6/c1-49-19-10-12(2-9-18(19)44)21-15-7-8-16-20(29(46)42(28(16)45)14-5-3-13(34)4-6-14)17(15)11-32(35)30(47)43(31(48)33(21,32)36)27-25(40)23(38)22(37)24(39)26(27)41/h2-7,9-10,16-17,20-21,44H,8,11H2,1H3. The number of rotatable bonds is 4. The maximum atomic E-state index is 15.2. The fourth-order valence-corrected chi connectivity index (χ4v) is 8.86. The van der Waals surface area contributed by atoms with Crippen LogP contribution in [0, 0.1) is 46.8 Å². The molecule has 0 spiro atoms. The number of phenolic OH excluding ortho intramolecular Hbond substituents is 1. The lowest BCUT2D eigenvalue weighted by Gasteiger charge is -2.50. The number of methoxy groups -OCH3 is 1. The van der Waals surface area contributed by atoms with Crippen LogP contribution in [-0.2, 0) is 19.2 Å². The van der Waals surface area contributed by atoms with E-state index in [-0.39, 0.29) is 39.6 Å². The Bertz CT molecular complexity index is 2040. The summed E-state index contributed by atoms with van der Waals surface area (Å²) in [4.78, 5) is 51.9. The van der Waals surface area contributed by atoms with E-state index in [1.165, 1.54) is 25.3 Å². The second kappa shape index (κ2) is 11.3. The molecule has 254 valence electrons. The Morgan fingerprint density at radius 1 is 0.837 bits per heavy atom. The summed E-state index contributed by atoms with van der Waals surface area (Å²) in [6.45, 7) is 0. The first kappa shape index (κ1) is 33.5. The third kappa shape index (κ3) is 4.32. The van der Waals surface area contributed by atoms with Crippen molar-refractivity contribution in [3.8, 4) is 11.5 Å². The van der Waals surface area contributed by atoms with Crippen molar-refractivity contribution in [3.05, 3.63) is 93.2 Å². The SMILES string of the molecule is COc1cc(C2C3=CCC4C(=O)N(c5ccc(Br)cc5)C(=O)C4C3CC3(Cl)C(=O)N(c4c(F)c(F)c(F)c(F)c4F)C(=O)C23Cl)ccc1O. The Balaban J connectivity index is 1.44. The predicted octanol–water partition coefficient (Wildman–Crippen LogP) is 6.63. The van der Waals surface area contributed by atoms with Gasteiger partial charge in [-0.1, -0.05) is 33.6 Å². The highest BCUT2D eigenvalue weighted by atomic mass is 79.9. The minimum atomic E-state index is -2.69. The number of ether oxygens (including phenoxy) is 1. The van der Waals surface area contributed by atoms with Gasteiger partial charge in [0, 0.05) is 10.4 Å². The molecule has 2 heterocycles. The first-order valence-corrected chi connectivity index (χ1v) is 16.1. The molecular weight excluding hydrogens is 766 g/mol. The van der Waals surface area contributed by atoms with Crippen molar-refractivity contribution in [2.45, 2.75) is 28.5 Å². The van der Waals surface area contributed by atoms with E-state index < -0.39 is 98.2 Å². The highest BCUT2D eigenvalue weighted by Gasteiger charge is 2.77. The molecule has 3 aromatic rings. The minimum Gasteiger partial charge on any atom is -0.504 e. The summed E-state index contributed by atoms with van der Waals surface area (Å²) in [7, 11) is 1.23. The lowest BCUT2D eigenvalue weighted by Crippen LogP contribution is -2.60. The molecule has 8 nitrogen and oxygen atoms in total. The van der Waals surface area contributed by atoms with E-state index in [2.05, 4.69) is 15.9 Å². The molecule has 6 unspecified atom stereocenters. The monoisotopic (exact) mass is 784 g/mol. The van der Waals surface area contributed by atoms with Gasteiger partial charge in [0.1, 0.15) is 5.69 Å². The molecule has 0 bridgehead atoms. The minimum absolute atomic E-state index is 0.0223. The fourth-order valence-electron chi connectivity index (χ4n) is 7.66. The number of anilines is 2. The van der Waals surface area contributed by atoms with E-state index in [0.29, 0.717) is 4.47 Å². The Morgan fingerprint density at radius 3 is 2.06 bits per heavy atom. The number of alkyl halides is 2. The van der Waals surface area contributed by atoms with Crippen LogP contribution in [0.25, 0.3) is 0 Å². The van der Waals surface area contributed by atoms with Gasteiger partial charge in [-0.2, -0.15) is 0 Å². The van der Waals surface area contributed by atoms with Gasteiger partial charge >= 0.3 is 0 Å². The maximum absolute atomic E-state index is 15.2. The molecule has 4 amide bonds. The summed E-state index contributed by atoms with van der Waals surface area (Å²) < 4.78 is 79.1. The molecule has 4 aliphatic rings. The smallest absolute Gasteiger partial charge is 0.258 e. The number of amides is 4. The zero-order valence-corrected chi connectivity index (χ0v) is 27.8. The number of hydrogen-bond acceptors (Lipinski definition) is 6. The molecule has 16 heteroatoms. The van der Waals surface area contributed by atoms with E-state index in [1.54, 1.807) is 30.3 Å². The highest BCUT2D eigenvalue weighted by Crippen LogP contribution is 2.66. The molecule has 3 fully saturated rings. The molecule has 7 rings (SSSR count). The van der Waals surface area contributed by atoms with Gasteiger partial charge in [-0.15, -0.1) is 23.2 Å². The third-order valence-electron chi connectivity index (χ3n) is 9.84. The average Bonchev–Trinajstić information content (AvgIpc) is 3.42. The number of hydrogen-bond donors (Lipinski definition) is 1. The largest absolute Gasteiger partial charge is 0.504 e. The van der Waals surface area contributed by atoms with Gasteiger partial charge in [0.2, 0.25) is 17.6 Å². The number of carbonyl (C=O) groups excluding carboxylic acids is 4. The summed E-state index contributed by atoms with van der Waals surface area (Å²) in [5.74, 6) is -21.8. The fraction of sp³-hybridized carbons (Fsp3) is 0.273. The number of benzene rings is 3. The van der Waals surface area contributed by atoms with Crippen LogP contribution in [0.1, 0.15) is 24.3 Å². The molecular formula is C33H20BrCl2F5N2O6. The molecule has 2 aliphatic heterocycles. The van der Waals surface area contributed by atoms with Crippen LogP contribution in [0.15, 0.2) is 58.6 Å². The number of carbonyl (C=O) groups is 4. The lowest BCUT2D eigenvalue weighted by molar-refractivity contribution is -0.125. The second-order valence-corrected chi connectivity index (χ2v) is 14.3. The third-order valence-corrected chi connectivity index (χ3v) is 11.8.